The van der Waals surface area contributed by atoms with E-state index < -0.39 is 0 Å². The van der Waals surface area contributed by atoms with Crippen molar-refractivity contribution < 1.29 is 4.79 Å². The Labute approximate surface area is 177 Å². The van der Waals surface area contributed by atoms with Crippen molar-refractivity contribution in [3.05, 3.63) is 82.1 Å². The van der Waals surface area contributed by atoms with Gasteiger partial charge in [-0.1, -0.05) is 61.0 Å². The van der Waals surface area contributed by atoms with Crippen molar-refractivity contribution in [1.29, 1.82) is 0 Å². The first-order chi connectivity index (χ1) is 13.9. The van der Waals surface area contributed by atoms with Crippen LogP contribution in [0.25, 0.3) is 5.69 Å². The molecule has 0 saturated carbocycles. The zero-order valence-electron chi connectivity index (χ0n) is 17.3. The van der Waals surface area contributed by atoms with E-state index in [1.54, 1.807) is 11.6 Å². The molecule has 1 unspecified atom stereocenters. The summed E-state index contributed by atoms with van der Waals surface area (Å²) in [4.78, 5) is 15.0. The zero-order chi connectivity index (χ0) is 21.0. The van der Waals surface area contributed by atoms with Gasteiger partial charge in [-0.05, 0) is 50.7 Å². The Hall–Kier alpha value is -2.63. The maximum Gasteiger partial charge on any atom is 0.256 e. The van der Waals surface area contributed by atoms with Crippen LogP contribution < -0.4 is 5.32 Å². The second-order valence-corrected chi connectivity index (χ2v) is 7.64. The minimum Gasteiger partial charge on any atom is -0.350 e. The first-order valence-electron chi connectivity index (χ1n) is 9.76. The molecule has 0 radical (unpaired) electrons. The maximum atomic E-state index is 12.9. The topological polar surface area (TPSA) is 50.2 Å². The van der Waals surface area contributed by atoms with Gasteiger partial charge in [-0.3, -0.25) is 4.79 Å². The van der Waals surface area contributed by atoms with Gasteiger partial charge in [0.2, 0.25) is 0 Å². The molecule has 0 spiro atoms. The molecule has 6 heteroatoms. The number of nitrogens with zero attached hydrogens (tertiary/aromatic N) is 3. The van der Waals surface area contributed by atoms with Gasteiger partial charge in [0.15, 0.2) is 0 Å². The first kappa shape index (κ1) is 21.1. The van der Waals surface area contributed by atoms with E-state index in [1.807, 2.05) is 44.4 Å². The SMILES string of the molecule is CCc1ccc(C(CNC(=O)c2c(C)nn(-c3ccccc3)c2Cl)N(C)C)cc1. The number of hydrogen-bond donors (Lipinski definition) is 1. The molecule has 0 saturated heterocycles. The van der Waals surface area contributed by atoms with Gasteiger partial charge in [-0.25, -0.2) is 4.68 Å². The molecule has 5 nitrogen and oxygen atoms in total. The number of carbonyl (C=O) groups is 1. The van der Waals surface area contributed by atoms with Crippen LogP contribution in [0.2, 0.25) is 5.15 Å². The average molecular weight is 411 g/mol. The summed E-state index contributed by atoms with van der Waals surface area (Å²) in [6.45, 7) is 4.41. The van der Waals surface area contributed by atoms with Gasteiger partial charge >= 0.3 is 0 Å². The van der Waals surface area contributed by atoms with Gasteiger partial charge in [0, 0.05) is 6.54 Å². The van der Waals surface area contributed by atoms with Gasteiger partial charge in [0.1, 0.15) is 5.15 Å². The maximum absolute atomic E-state index is 12.9. The summed E-state index contributed by atoms with van der Waals surface area (Å²) < 4.78 is 1.60. The van der Waals surface area contributed by atoms with E-state index >= 15 is 0 Å². The second-order valence-electron chi connectivity index (χ2n) is 7.28. The van der Waals surface area contributed by atoms with Crippen molar-refractivity contribution in [2.75, 3.05) is 20.6 Å². The lowest BCUT2D eigenvalue weighted by atomic mass is 10.0. The quantitative estimate of drug-likeness (QED) is 0.626. The van der Waals surface area contributed by atoms with Crippen LogP contribution in [-0.4, -0.2) is 41.2 Å². The van der Waals surface area contributed by atoms with E-state index in [0.717, 1.165) is 17.7 Å². The Kier molecular flexibility index (Phi) is 6.72. The Morgan fingerprint density at radius 1 is 1.14 bits per heavy atom. The Balaban J connectivity index is 1.78. The highest BCUT2D eigenvalue weighted by Crippen LogP contribution is 2.24. The molecule has 3 aromatic rings. The number of carbonyl (C=O) groups excluding carboxylic acids is 1. The molecule has 1 amide bonds. The fourth-order valence-corrected chi connectivity index (χ4v) is 3.71. The van der Waals surface area contributed by atoms with Crippen molar-refractivity contribution in [3.8, 4) is 5.69 Å². The average Bonchev–Trinajstić information content (AvgIpc) is 3.03. The molecule has 0 aliphatic carbocycles. The summed E-state index contributed by atoms with van der Waals surface area (Å²) in [5.74, 6) is -0.216. The van der Waals surface area contributed by atoms with Crippen LogP contribution in [0.4, 0.5) is 0 Å². The molecule has 3 rings (SSSR count). The third-order valence-corrected chi connectivity index (χ3v) is 5.43. The predicted molar refractivity (Wildman–Crippen MR) is 118 cm³/mol. The Morgan fingerprint density at radius 2 is 1.79 bits per heavy atom. The molecule has 1 atom stereocenters. The number of para-hydroxylation sites is 1. The summed E-state index contributed by atoms with van der Waals surface area (Å²) in [6, 6.07) is 18.1. The summed E-state index contributed by atoms with van der Waals surface area (Å²) in [6.07, 6.45) is 1.01. The normalized spacial score (nSPS) is 12.2. The van der Waals surface area contributed by atoms with E-state index in [4.69, 9.17) is 11.6 Å². The standard InChI is InChI=1S/C23H27ClN4O/c1-5-17-11-13-18(14-12-17)20(27(3)4)15-25-23(29)21-16(2)26-28(22(21)24)19-9-7-6-8-10-19/h6-14,20H,5,15H2,1-4H3,(H,25,29). The van der Waals surface area contributed by atoms with Gasteiger partial charge in [-0.2, -0.15) is 5.10 Å². The van der Waals surface area contributed by atoms with Crippen LogP contribution in [0.5, 0.6) is 0 Å². The molecular formula is C23H27ClN4O. The van der Waals surface area contributed by atoms with Gasteiger partial charge in [0.25, 0.3) is 5.91 Å². The zero-order valence-corrected chi connectivity index (χ0v) is 18.1. The van der Waals surface area contributed by atoms with E-state index in [9.17, 15) is 4.79 Å². The summed E-state index contributed by atoms with van der Waals surface area (Å²) >= 11 is 6.52. The molecule has 152 valence electrons. The van der Waals surface area contributed by atoms with Crippen LogP contribution in [0.15, 0.2) is 54.6 Å². The van der Waals surface area contributed by atoms with Crippen LogP contribution in [0.1, 0.15) is 40.1 Å². The number of likely N-dealkylation sites (N-methyl/N-ethyl adjacent to an activating group) is 1. The van der Waals surface area contributed by atoms with Crippen molar-refractivity contribution >= 4 is 17.5 Å². The number of rotatable bonds is 7. The van der Waals surface area contributed by atoms with Crippen molar-refractivity contribution in [3.63, 3.8) is 0 Å². The molecule has 1 N–H and O–H groups in total. The molecule has 0 bridgehead atoms. The molecule has 0 fully saturated rings. The van der Waals surface area contributed by atoms with Crippen LogP contribution in [-0.2, 0) is 6.42 Å². The fraction of sp³-hybridized carbons (Fsp3) is 0.304. The fourth-order valence-electron chi connectivity index (χ4n) is 3.35. The monoisotopic (exact) mass is 410 g/mol. The third kappa shape index (κ3) is 4.69. The van der Waals surface area contributed by atoms with E-state index in [2.05, 4.69) is 46.5 Å². The number of benzene rings is 2. The molecule has 1 aromatic heterocycles. The first-order valence-corrected chi connectivity index (χ1v) is 10.1. The van der Waals surface area contributed by atoms with Gasteiger partial charge in [-0.15, -0.1) is 0 Å². The van der Waals surface area contributed by atoms with Crippen LogP contribution in [0.3, 0.4) is 0 Å². The predicted octanol–water partition coefficient (Wildman–Crippen LogP) is 4.43. The molecular weight excluding hydrogens is 384 g/mol. The highest BCUT2D eigenvalue weighted by molar-refractivity contribution is 6.33. The largest absolute Gasteiger partial charge is 0.350 e. The molecule has 1 heterocycles. The lowest BCUT2D eigenvalue weighted by Crippen LogP contribution is -2.34. The van der Waals surface area contributed by atoms with E-state index in [-0.39, 0.29) is 11.9 Å². The highest BCUT2D eigenvalue weighted by Gasteiger charge is 2.23. The summed E-state index contributed by atoms with van der Waals surface area (Å²) in [7, 11) is 4.02. The number of hydrogen-bond acceptors (Lipinski definition) is 3. The van der Waals surface area contributed by atoms with Crippen molar-refractivity contribution in [2.45, 2.75) is 26.3 Å². The van der Waals surface area contributed by atoms with Crippen molar-refractivity contribution in [2.24, 2.45) is 0 Å². The minimum absolute atomic E-state index is 0.0631. The van der Waals surface area contributed by atoms with Crippen molar-refractivity contribution in [1.82, 2.24) is 20.0 Å². The molecule has 0 aliphatic rings. The Bertz CT molecular complexity index is 965. The number of amides is 1. The molecule has 0 aliphatic heterocycles. The highest BCUT2D eigenvalue weighted by atomic mass is 35.5. The Morgan fingerprint density at radius 3 is 2.38 bits per heavy atom. The smallest absolute Gasteiger partial charge is 0.256 e. The van der Waals surface area contributed by atoms with Gasteiger partial charge < -0.3 is 10.2 Å². The second kappa shape index (κ2) is 9.25. The van der Waals surface area contributed by atoms with Gasteiger partial charge in [0.05, 0.1) is 23.0 Å². The summed E-state index contributed by atoms with van der Waals surface area (Å²) in [5, 5.41) is 7.81. The van der Waals surface area contributed by atoms with E-state index in [1.165, 1.54) is 5.56 Å². The van der Waals surface area contributed by atoms with E-state index in [0.29, 0.717) is 23.0 Å². The van der Waals surface area contributed by atoms with Crippen LogP contribution >= 0.6 is 11.6 Å². The number of aryl methyl sites for hydroxylation is 2. The minimum atomic E-state index is -0.216. The summed E-state index contributed by atoms with van der Waals surface area (Å²) in [5.41, 5.74) is 4.29. The lowest BCUT2D eigenvalue weighted by molar-refractivity contribution is 0.0941. The number of halogens is 1. The molecule has 29 heavy (non-hydrogen) atoms. The lowest BCUT2D eigenvalue weighted by Gasteiger charge is -2.25. The number of aromatic nitrogens is 2. The van der Waals surface area contributed by atoms with Crippen LogP contribution in [0, 0.1) is 6.92 Å². The molecule has 2 aromatic carbocycles. The third-order valence-electron chi connectivity index (χ3n) is 5.08. The number of nitrogens with one attached hydrogen (secondary N) is 1.